The molecule has 1 aliphatic carbocycles. The molecule has 0 aromatic heterocycles. The Morgan fingerprint density at radius 1 is 0.920 bits per heavy atom. The lowest BCUT2D eigenvalue weighted by Gasteiger charge is -2.18. The molecule has 3 aromatic carbocycles. The average Bonchev–Trinajstić information content (AvgIpc) is 2.68. The summed E-state index contributed by atoms with van der Waals surface area (Å²) in [6, 6.07) is 21.7. The highest BCUT2D eigenvalue weighted by Crippen LogP contribution is 2.18. The number of aryl methyl sites for hydroxylation is 1. The number of hydrogen-bond acceptors (Lipinski definition) is 2. The van der Waals surface area contributed by atoms with Gasteiger partial charge < -0.3 is 10.4 Å². The van der Waals surface area contributed by atoms with Gasteiger partial charge >= 0.3 is 6.92 Å². The van der Waals surface area contributed by atoms with Crippen LogP contribution in [0, 0.1) is 0 Å². The van der Waals surface area contributed by atoms with Gasteiger partial charge in [-0.25, -0.2) is 0 Å². The maximum atomic E-state index is 6.15. The van der Waals surface area contributed by atoms with E-state index in [-0.39, 0.29) is 6.92 Å². The first-order valence-corrected chi connectivity index (χ1v) is 8.95. The van der Waals surface area contributed by atoms with E-state index < -0.39 is 0 Å². The lowest BCUT2D eigenvalue weighted by molar-refractivity contribution is 0.344. The molecule has 0 amide bonds. The highest BCUT2D eigenvalue weighted by atomic mass is 16.4. The predicted octanol–water partition coefficient (Wildman–Crippen LogP) is 2.88. The molecule has 0 saturated carbocycles. The first-order valence-electron chi connectivity index (χ1n) is 8.95. The van der Waals surface area contributed by atoms with E-state index in [1.807, 2.05) is 0 Å². The first kappa shape index (κ1) is 16.1. The van der Waals surface area contributed by atoms with Crippen molar-refractivity contribution in [1.29, 1.82) is 0 Å². The maximum absolute atomic E-state index is 6.15. The Kier molecular flexibility index (Phi) is 4.69. The number of rotatable bonds is 5. The minimum Gasteiger partial charge on any atom is -0.426 e. The summed E-state index contributed by atoms with van der Waals surface area (Å²) in [6.45, 7) is 0.980. The van der Waals surface area contributed by atoms with Crippen LogP contribution in [0.4, 0.5) is 0 Å². The van der Waals surface area contributed by atoms with Crippen molar-refractivity contribution in [3.8, 4) is 0 Å². The van der Waals surface area contributed by atoms with E-state index in [0.29, 0.717) is 13.2 Å². The minimum atomic E-state index is -0.0891. The predicted molar refractivity (Wildman–Crippen MR) is 108 cm³/mol. The van der Waals surface area contributed by atoms with E-state index in [9.17, 15) is 0 Å². The van der Waals surface area contributed by atoms with Crippen molar-refractivity contribution in [3.05, 3.63) is 77.9 Å². The van der Waals surface area contributed by atoms with Crippen molar-refractivity contribution in [2.75, 3.05) is 13.2 Å². The third-order valence-corrected chi connectivity index (χ3v) is 4.83. The van der Waals surface area contributed by atoms with Gasteiger partial charge in [-0.2, -0.15) is 0 Å². The van der Waals surface area contributed by atoms with Crippen molar-refractivity contribution in [2.45, 2.75) is 12.8 Å². The number of benzene rings is 3. The molecule has 2 N–H and O–H groups in total. The molecule has 0 saturated heterocycles. The molecule has 1 aliphatic rings. The van der Waals surface area contributed by atoms with E-state index in [1.165, 1.54) is 32.8 Å². The number of hydrogen-bond donors (Lipinski definition) is 1. The van der Waals surface area contributed by atoms with Crippen LogP contribution in [0.25, 0.3) is 16.8 Å². The fraction of sp³-hybridized carbons (Fsp3) is 0.182. The van der Waals surface area contributed by atoms with Crippen LogP contribution in [-0.4, -0.2) is 20.1 Å². The van der Waals surface area contributed by atoms with Gasteiger partial charge in [0, 0.05) is 13.2 Å². The molecule has 25 heavy (non-hydrogen) atoms. The molecule has 0 fully saturated rings. The Bertz CT molecular complexity index is 919. The molecule has 3 aromatic rings. The topological polar surface area (TPSA) is 35.2 Å². The van der Waals surface area contributed by atoms with Gasteiger partial charge in [0.1, 0.15) is 0 Å². The molecule has 0 heterocycles. The number of allylic oxidation sites excluding steroid dienone is 1. The Balaban J connectivity index is 1.75. The zero-order chi connectivity index (χ0) is 17.1. The average molecular weight is 327 g/mol. The largest absolute Gasteiger partial charge is 0.426 e. The van der Waals surface area contributed by atoms with Gasteiger partial charge in [0.25, 0.3) is 0 Å². The maximum Gasteiger partial charge on any atom is 0.361 e. The second-order valence-electron chi connectivity index (χ2n) is 6.55. The van der Waals surface area contributed by atoms with Crippen LogP contribution < -0.4 is 16.7 Å². The SMILES string of the molecule is NCCOB(c1ccc2c(c1)C=CCC2)c1ccc2ccccc2c1. The van der Waals surface area contributed by atoms with Gasteiger partial charge in [0.05, 0.1) is 0 Å². The highest BCUT2D eigenvalue weighted by Gasteiger charge is 2.22. The Hall–Kier alpha value is -2.36. The van der Waals surface area contributed by atoms with Crippen LogP contribution in [0.3, 0.4) is 0 Å². The van der Waals surface area contributed by atoms with Crippen molar-refractivity contribution in [2.24, 2.45) is 5.73 Å². The van der Waals surface area contributed by atoms with E-state index in [4.69, 9.17) is 10.4 Å². The summed E-state index contributed by atoms with van der Waals surface area (Å²) < 4.78 is 6.15. The normalized spacial score (nSPS) is 13.0. The van der Waals surface area contributed by atoms with Crippen molar-refractivity contribution < 1.29 is 4.65 Å². The lowest BCUT2D eigenvalue weighted by Crippen LogP contribution is -2.46. The van der Waals surface area contributed by atoms with E-state index in [1.54, 1.807) is 0 Å². The molecule has 2 nitrogen and oxygen atoms in total. The molecule has 0 atom stereocenters. The fourth-order valence-electron chi connectivity index (χ4n) is 3.55. The summed E-state index contributed by atoms with van der Waals surface area (Å²) in [5, 5.41) is 2.48. The number of fused-ring (bicyclic) bond motifs is 2. The molecule has 0 spiro atoms. The second kappa shape index (κ2) is 7.26. The summed E-state index contributed by atoms with van der Waals surface area (Å²) in [5.41, 5.74) is 10.8. The van der Waals surface area contributed by atoms with Crippen molar-refractivity contribution in [3.63, 3.8) is 0 Å². The van der Waals surface area contributed by atoms with E-state index in [0.717, 1.165) is 12.8 Å². The summed E-state index contributed by atoms with van der Waals surface area (Å²) in [6.07, 6.45) is 6.72. The molecule has 0 bridgehead atoms. The lowest BCUT2D eigenvalue weighted by atomic mass is 9.54. The second-order valence-corrected chi connectivity index (χ2v) is 6.55. The Morgan fingerprint density at radius 3 is 2.60 bits per heavy atom. The molecule has 4 rings (SSSR count). The van der Waals surface area contributed by atoms with Crippen molar-refractivity contribution in [1.82, 2.24) is 0 Å². The molecular weight excluding hydrogens is 305 g/mol. The third kappa shape index (κ3) is 3.39. The fourth-order valence-corrected chi connectivity index (χ4v) is 3.55. The van der Waals surface area contributed by atoms with Gasteiger partial charge in [-0.05, 0) is 45.7 Å². The monoisotopic (exact) mass is 327 g/mol. The molecule has 3 heteroatoms. The molecule has 0 radical (unpaired) electrons. The van der Waals surface area contributed by atoms with Gasteiger partial charge in [0.15, 0.2) is 0 Å². The van der Waals surface area contributed by atoms with Gasteiger partial charge in [-0.1, -0.05) is 72.8 Å². The summed E-state index contributed by atoms with van der Waals surface area (Å²) >= 11 is 0. The quantitative estimate of drug-likeness (QED) is 0.732. The molecule has 0 aliphatic heterocycles. The van der Waals surface area contributed by atoms with Crippen LogP contribution >= 0.6 is 0 Å². The minimum absolute atomic E-state index is 0.0891. The standard InChI is InChI=1S/C22H22BNO/c24-13-14-25-23(21-11-9-17-5-1-3-7-19(17)15-21)22-12-10-18-6-2-4-8-20(18)16-22/h1,3-5,7-12,15-16H,2,6,13-14,24H2. The van der Waals surface area contributed by atoms with Crippen LogP contribution in [0.5, 0.6) is 0 Å². The highest BCUT2D eigenvalue weighted by molar-refractivity contribution is 6.80. The number of nitrogens with two attached hydrogens (primary N) is 1. The van der Waals surface area contributed by atoms with Gasteiger partial charge in [0.2, 0.25) is 0 Å². The first-order chi connectivity index (χ1) is 12.3. The molecule has 0 unspecified atom stereocenters. The Labute approximate surface area is 149 Å². The molecule has 124 valence electrons. The smallest absolute Gasteiger partial charge is 0.361 e. The zero-order valence-corrected chi connectivity index (χ0v) is 14.3. The zero-order valence-electron chi connectivity index (χ0n) is 14.3. The van der Waals surface area contributed by atoms with E-state index >= 15 is 0 Å². The Morgan fingerprint density at radius 2 is 1.72 bits per heavy atom. The van der Waals surface area contributed by atoms with Gasteiger partial charge in [-0.15, -0.1) is 0 Å². The summed E-state index contributed by atoms with van der Waals surface area (Å²) in [4.78, 5) is 0. The molecular formula is C22H22BNO. The van der Waals surface area contributed by atoms with Crippen LogP contribution in [0.1, 0.15) is 17.5 Å². The van der Waals surface area contributed by atoms with Crippen LogP contribution in [-0.2, 0) is 11.1 Å². The summed E-state index contributed by atoms with van der Waals surface area (Å²) in [7, 11) is 0. The van der Waals surface area contributed by atoms with E-state index in [2.05, 4.69) is 72.8 Å². The van der Waals surface area contributed by atoms with Crippen LogP contribution in [0.15, 0.2) is 66.7 Å². The van der Waals surface area contributed by atoms with Gasteiger partial charge in [-0.3, -0.25) is 0 Å². The van der Waals surface area contributed by atoms with Crippen LogP contribution in [0.2, 0.25) is 0 Å². The van der Waals surface area contributed by atoms with Crippen molar-refractivity contribution >= 4 is 34.7 Å². The third-order valence-electron chi connectivity index (χ3n) is 4.83. The summed E-state index contributed by atoms with van der Waals surface area (Å²) in [5.74, 6) is 0.